The van der Waals surface area contributed by atoms with Crippen LogP contribution in [-0.2, 0) is 12.0 Å². The minimum atomic E-state index is -0.0533. The fourth-order valence-corrected chi connectivity index (χ4v) is 5.69. The van der Waals surface area contributed by atoms with Crippen LogP contribution >= 0.6 is 0 Å². The van der Waals surface area contributed by atoms with Crippen LogP contribution in [0.2, 0.25) is 0 Å². The van der Waals surface area contributed by atoms with Crippen LogP contribution in [0.3, 0.4) is 0 Å². The van der Waals surface area contributed by atoms with Crippen LogP contribution in [-0.4, -0.2) is 27.8 Å². The summed E-state index contributed by atoms with van der Waals surface area (Å²) in [6.45, 7) is 12.3. The molecule has 1 aliphatic rings. The molecule has 0 spiro atoms. The number of fused-ring (bicyclic) bond motifs is 1. The fourth-order valence-electron chi connectivity index (χ4n) is 5.69. The molecule has 0 amide bonds. The van der Waals surface area contributed by atoms with Crippen LogP contribution in [0.4, 0.5) is 0 Å². The molecule has 3 heteroatoms. The summed E-state index contributed by atoms with van der Waals surface area (Å²) in [5.41, 5.74) is 9.60. The third-order valence-electron chi connectivity index (χ3n) is 8.04. The minimum Gasteiger partial charge on any atom is -0.299 e. The van der Waals surface area contributed by atoms with E-state index in [4.69, 9.17) is 5.10 Å². The lowest BCUT2D eigenvalue weighted by Crippen LogP contribution is -2.28. The van der Waals surface area contributed by atoms with Crippen molar-refractivity contribution in [1.82, 2.24) is 14.7 Å². The van der Waals surface area contributed by atoms with Crippen molar-refractivity contribution in [1.29, 1.82) is 0 Å². The monoisotopic (exact) mass is 513 g/mol. The highest BCUT2D eigenvalue weighted by molar-refractivity contribution is 5.99. The highest BCUT2D eigenvalue weighted by Crippen LogP contribution is 2.37. The molecule has 0 saturated carbocycles. The Morgan fingerprint density at radius 2 is 1.46 bits per heavy atom. The average molecular weight is 514 g/mol. The molecule has 3 nitrogen and oxygen atoms in total. The molecular formula is C36H39N3. The van der Waals surface area contributed by atoms with Gasteiger partial charge in [0.05, 0.1) is 17.1 Å². The zero-order valence-corrected chi connectivity index (χ0v) is 23.7. The first-order valence-corrected chi connectivity index (χ1v) is 14.4. The van der Waals surface area contributed by atoms with Crippen LogP contribution in [0.1, 0.15) is 56.9 Å². The molecule has 0 radical (unpaired) electrons. The van der Waals surface area contributed by atoms with Gasteiger partial charge in [-0.05, 0) is 90.6 Å². The molecule has 39 heavy (non-hydrogen) atoms. The van der Waals surface area contributed by atoms with Crippen molar-refractivity contribution in [2.45, 2.75) is 58.9 Å². The summed E-state index contributed by atoms with van der Waals surface area (Å²) in [5, 5.41) is 7.64. The van der Waals surface area contributed by atoms with Gasteiger partial charge in [-0.3, -0.25) is 4.90 Å². The van der Waals surface area contributed by atoms with Crippen molar-refractivity contribution in [3.05, 3.63) is 108 Å². The lowest BCUT2D eigenvalue weighted by atomic mass is 9.90. The molecule has 0 aliphatic carbocycles. The van der Waals surface area contributed by atoms with Gasteiger partial charge >= 0.3 is 0 Å². The van der Waals surface area contributed by atoms with E-state index in [0.29, 0.717) is 0 Å². The predicted molar refractivity (Wildman–Crippen MR) is 165 cm³/mol. The van der Waals surface area contributed by atoms with Gasteiger partial charge in [0.1, 0.15) is 0 Å². The van der Waals surface area contributed by atoms with E-state index in [9.17, 15) is 0 Å². The van der Waals surface area contributed by atoms with Crippen molar-refractivity contribution in [3.63, 3.8) is 0 Å². The summed E-state index contributed by atoms with van der Waals surface area (Å²) >= 11 is 0. The molecule has 1 aliphatic heterocycles. The van der Waals surface area contributed by atoms with Gasteiger partial charge in [-0.15, -0.1) is 0 Å². The van der Waals surface area contributed by atoms with Gasteiger partial charge in [0, 0.05) is 17.5 Å². The average Bonchev–Trinajstić information content (AvgIpc) is 3.40. The topological polar surface area (TPSA) is 21.1 Å². The normalized spacial score (nSPS) is 14.7. The lowest BCUT2D eigenvalue weighted by molar-refractivity contribution is 0.221. The van der Waals surface area contributed by atoms with Gasteiger partial charge in [-0.25, -0.2) is 4.68 Å². The highest BCUT2D eigenvalue weighted by Gasteiger charge is 2.22. The third kappa shape index (κ3) is 5.42. The van der Waals surface area contributed by atoms with E-state index < -0.39 is 0 Å². The maximum atomic E-state index is 5.15. The Morgan fingerprint density at radius 3 is 2.18 bits per heavy atom. The Balaban J connectivity index is 1.45. The molecule has 6 rings (SSSR count). The Bertz CT molecular complexity index is 1580. The molecule has 4 aromatic carbocycles. The number of aromatic nitrogens is 2. The van der Waals surface area contributed by atoms with E-state index in [1.807, 2.05) is 0 Å². The number of hydrogen-bond acceptors (Lipinski definition) is 2. The number of likely N-dealkylation sites (tertiary alicyclic amines) is 1. The molecule has 0 unspecified atom stereocenters. The second kappa shape index (κ2) is 10.5. The van der Waals surface area contributed by atoms with E-state index in [0.717, 1.165) is 23.6 Å². The zero-order chi connectivity index (χ0) is 27.0. The summed E-state index contributed by atoms with van der Waals surface area (Å²) in [4.78, 5) is 2.59. The Labute approximate surface area is 233 Å². The van der Waals surface area contributed by atoms with Crippen LogP contribution in [0.25, 0.3) is 38.8 Å². The Hall–Kier alpha value is -3.69. The first-order valence-electron chi connectivity index (χ1n) is 14.4. The van der Waals surface area contributed by atoms with Crippen LogP contribution in [0, 0.1) is 6.92 Å². The van der Waals surface area contributed by atoms with Gasteiger partial charge in [-0.2, -0.15) is 5.10 Å². The van der Waals surface area contributed by atoms with Crippen molar-refractivity contribution < 1.29 is 0 Å². The van der Waals surface area contributed by atoms with Gasteiger partial charge < -0.3 is 0 Å². The first kappa shape index (κ1) is 25.6. The summed E-state index contributed by atoms with van der Waals surface area (Å²) in [5.74, 6) is 0. The summed E-state index contributed by atoms with van der Waals surface area (Å²) in [7, 11) is 0. The third-order valence-corrected chi connectivity index (χ3v) is 8.04. The molecule has 1 fully saturated rings. The number of aryl methyl sites for hydroxylation is 1. The second-order valence-electron chi connectivity index (χ2n) is 12.2. The van der Waals surface area contributed by atoms with E-state index in [-0.39, 0.29) is 5.41 Å². The highest BCUT2D eigenvalue weighted by atomic mass is 15.3. The van der Waals surface area contributed by atoms with E-state index in [2.05, 4.69) is 128 Å². The minimum absolute atomic E-state index is 0.0533. The quantitative estimate of drug-likeness (QED) is 0.234. The van der Waals surface area contributed by atoms with Crippen molar-refractivity contribution >= 4 is 10.8 Å². The van der Waals surface area contributed by atoms with Crippen LogP contribution in [0.15, 0.2) is 91.0 Å². The number of nitrogens with zero attached hydrogens (tertiary/aromatic N) is 3. The maximum absolute atomic E-state index is 5.15. The van der Waals surface area contributed by atoms with Gasteiger partial charge in [0.2, 0.25) is 0 Å². The van der Waals surface area contributed by atoms with Gasteiger partial charge in [-0.1, -0.05) is 93.4 Å². The van der Waals surface area contributed by atoms with E-state index in [1.165, 1.54) is 70.9 Å². The zero-order valence-electron chi connectivity index (χ0n) is 23.7. The molecular weight excluding hydrogens is 474 g/mol. The van der Waals surface area contributed by atoms with E-state index >= 15 is 0 Å². The molecule has 0 bridgehead atoms. The van der Waals surface area contributed by atoms with Crippen LogP contribution in [0.5, 0.6) is 0 Å². The molecule has 1 saturated heterocycles. The number of benzene rings is 4. The first-order chi connectivity index (χ1) is 18.8. The standard InChI is InChI=1S/C36H39N3/c1-26-12-18-31(19-13-26)39-34(24-35(37-39)36(2,3)4)33-23-30(22-29-10-6-7-11-32(29)33)28-16-14-27(15-17-28)25-38-20-8-5-9-21-38/h6-7,10-19,22-24H,5,8-9,20-21,25H2,1-4H3. The number of hydrogen-bond donors (Lipinski definition) is 0. The number of rotatable bonds is 5. The second-order valence-corrected chi connectivity index (χ2v) is 12.2. The molecule has 1 aromatic heterocycles. The summed E-state index contributed by atoms with van der Waals surface area (Å²) in [6, 6.07) is 33.6. The lowest BCUT2D eigenvalue weighted by Gasteiger charge is -2.26. The molecule has 5 aromatic rings. The molecule has 0 atom stereocenters. The molecule has 198 valence electrons. The Kier molecular flexibility index (Phi) is 6.86. The van der Waals surface area contributed by atoms with Gasteiger partial charge in [0.25, 0.3) is 0 Å². The molecule has 0 N–H and O–H groups in total. The number of piperidine rings is 1. The van der Waals surface area contributed by atoms with Crippen molar-refractivity contribution in [3.8, 4) is 28.1 Å². The Morgan fingerprint density at radius 1 is 0.744 bits per heavy atom. The van der Waals surface area contributed by atoms with Gasteiger partial charge in [0.15, 0.2) is 0 Å². The fraction of sp³-hybridized carbons (Fsp3) is 0.306. The van der Waals surface area contributed by atoms with Crippen molar-refractivity contribution in [2.75, 3.05) is 13.1 Å². The summed E-state index contributed by atoms with van der Waals surface area (Å²) < 4.78 is 2.13. The maximum Gasteiger partial charge on any atom is 0.0750 e. The summed E-state index contributed by atoms with van der Waals surface area (Å²) in [6.07, 6.45) is 4.03. The smallest absolute Gasteiger partial charge is 0.0750 e. The van der Waals surface area contributed by atoms with E-state index in [1.54, 1.807) is 0 Å². The van der Waals surface area contributed by atoms with Crippen LogP contribution < -0.4 is 0 Å². The van der Waals surface area contributed by atoms with Crippen molar-refractivity contribution in [2.24, 2.45) is 0 Å². The SMILES string of the molecule is Cc1ccc(-n2nc(C(C)(C)C)cc2-c2cc(-c3ccc(CN4CCCCC4)cc3)cc3ccccc23)cc1. The predicted octanol–water partition coefficient (Wildman–Crippen LogP) is 8.95. The molecule has 2 heterocycles. The largest absolute Gasteiger partial charge is 0.299 e.